The van der Waals surface area contributed by atoms with Gasteiger partial charge in [-0.15, -0.1) is 0 Å². The molecule has 5 atom stereocenters. The first-order chi connectivity index (χ1) is 28.0. The van der Waals surface area contributed by atoms with E-state index in [9.17, 15) is 9.90 Å². The first-order valence-electron chi connectivity index (χ1n) is 19.3. The number of aldehydes is 1. The van der Waals surface area contributed by atoms with Crippen LogP contribution in [-0.4, -0.2) is 42.4 Å². The van der Waals surface area contributed by atoms with Crippen molar-refractivity contribution in [1.29, 1.82) is 0 Å². The van der Waals surface area contributed by atoms with Gasteiger partial charge in [-0.05, 0) is 52.4 Å². The second-order valence-electron chi connectivity index (χ2n) is 14.2. The minimum Gasteiger partial charge on any atom is -0.488 e. The third-order valence-corrected chi connectivity index (χ3v) is 10.1. The lowest BCUT2D eigenvalue weighted by molar-refractivity contribution is -0.379. The summed E-state index contributed by atoms with van der Waals surface area (Å²) in [6.45, 7) is 2.94. The van der Waals surface area contributed by atoms with Gasteiger partial charge in [0.1, 0.15) is 43.1 Å². The van der Waals surface area contributed by atoms with Crippen LogP contribution in [0.3, 0.4) is 0 Å². The summed E-state index contributed by atoms with van der Waals surface area (Å²) in [6, 6.07) is 52.4. The van der Waals surface area contributed by atoms with E-state index in [1.165, 1.54) is 0 Å². The molecule has 0 bridgehead atoms. The number of aliphatic hydroxyl groups is 1. The Morgan fingerprint density at radius 3 is 1.51 bits per heavy atom. The zero-order chi connectivity index (χ0) is 39.3. The minimum absolute atomic E-state index is 0.0415. The van der Waals surface area contributed by atoms with E-state index in [1.807, 2.05) is 159 Å². The van der Waals surface area contributed by atoms with E-state index in [0.717, 1.165) is 34.1 Å². The van der Waals surface area contributed by atoms with Gasteiger partial charge in [0.15, 0.2) is 0 Å². The van der Waals surface area contributed by atoms with Crippen LogP contribution in [0, 0.1) is 6.92 Å². The molecule has 8 heteroatoms. The van der Waals surface area contributed by atoms with Crippen molar-refractivity contribution in [2.75, 3.05) is 6.61 Å². The summed E-state index contributed by atoms with van der Waals surface area (Å²) in [6.07, 6.45) is -2.99. The molecule has 6 aromatic carbocycles. The zero-order valence-corrected chi connectivity index (χ0v) is 32.0. The van der Waals surface area contributed by atoms with Crippen LogP contribution in [0.2, 0.25) is 0 Å². The second kappa shape index (κ2) is 19.6. The highest BCUT2D eigenvalue weighted by Gasteiger charge is 2.58. The number of aryl methyl sites for hydroxylation is 1. The molecular weight excluding hydrogens is 717 g/mol. The molecule has 0 saturated carbocycles. The van der Waals surface area contributed by atoms with Crippen LogP contribution in [0.15, 0.2) is 164 Å². The van der Waals surface area contributed by atoms with Crippen molar-refractivity contribution in [3.05, 3.63) is 208 Å². The lowest BCUT2D eigenvalue weighted by atomic mass is 9.85. The predicted octanol–water partition coefficient (Wildman–Crippen LogP) is 8.90. The van der Waals surface area contributed by atoms with E-state index in [1.54, 1.807) is 12.1 Å². The summed E-state index contributed by atoms with van der Waals surface area (Å²) in [7, 11) is 0. The first-order valence-corrected chi connectivity index (χ1v) is 19.3. The van der Waals surface area contributed by atoms with Crippen LogP contribution in [0.25, 0.3) is 0 Å². The van der Waals surface area contributed by atoms with Crippen LogP contribution >= 0.6 is 0 Å². The third kappa shape index (κ3) is 10.3. The molecule has 6 aromatic rings. The smallest absolute Gasteiger partial charge is 0.226 e. The fraction of sp³-hybridized carbons (Fsp3) is 0.245. The number of carbonyl (C=O) groups is 1. The Labute approximate surface area is 334 Å². The number of benzene rings is 6. The van der Waals surface area contributed by atoms with Crippen LogP contribution in [0.4, 0.5) is 0 Å². The van der Waals surface area contributed by atoms with Crippen LogP contribution in [-0.2, 0) is 62.5 Å². The molecule has 1 saturated heterocycles. The number of ether oxygens (including phenoxy) is 6. The van der Waals surface area contributed by atoms with E-state index in [2.05, 4.69) is 0 Å². The van der Waals surface area contributed by atoms with Gasteiger partial charge in [-0.1, -0.05) is 152 Å². The molecule has 0 aliphatic carbocycles. The first kappa shape index (κ1) is 39.8. The Bertz CT molecular complexity index is 2120. The Kier molecular flexibility index (Phi) is 13.7. The van der Waals surface area contributed by atoms with E-state index in [0.29, 0.717) is 23.5 Å². The summed E-state index contributed by atoms with van der Waals surface area (Å²) < 4.78 is 40.2. The Morgan fingerprint density at radius 1 is 0.579 bits per heavy atom. The molecule has 1 aliphatic rings. The molecule has 8 nitrogen and oxygen atoms in total. The second-order valence-corrected chi connectivity index (χ2v) is 14.2. The van der Waals surface area contributed by atoms with Crippen molar-refractivity contribution >= 4 is 6.29 Å². The van der Waals surface area contributed by atoms with Gasteiger partial charge >= 0.3 is 0 Å². The topological polar surface area (TPSA) is 92.7 Å². The molecule has 292 valence electrons. The Balaban J connectivity index is 1.33. The normalized spacial score (nSPS) is 20.5. The molecule has 7 rings (SSSR count). The largest absolute Gasteiger partial charge is 0.488 e. The fourth-order valence-corrected chi connectivity index (χ4v) is 7.03. The molecular formula is C49H48O8. The molecule has 1 aliphatic heterocycles. The maximum absolute atomic E-state index is 13.4. The summed E-state index contributed by atoms with van der Waals surface area (Å²) in [4.78, 5) is 12.5. The van der Waals surface area contributed by atoms with Crippen molar-refractivity contribution in [2.24, 2.45) is 0 Å². The molecule has 0 amide bonds. The van der Waals surface area contributed by atoms with Crippen LogP contribution in [0.5, 0.6) is 5.75 Å². The van der Waals surface area contributed by atoms with Gasteiger partial charge in [0.2, 0.25) is 5.79 Å². The molecule has 0 unspecified atom stereocenters. The molecule has 0 aromatic heterocycles. The SMILES string of the molecule is Cc1cc(OCc2ccccc2)c([C@]2(O)O[C@H](COCc3ccccc3)[C@@H](OCc3ccccc3)[C@H](OCc3ccccc3)[C@H]2OCc2ccccc2)cc1C=O. The number of hydrogen-bond acceptors (Lipinski definition) is 8. The highest BCUT2D eigenvalue weighted by atomic mass is 16.7. The van der Waals surface area contributed by atoms with Crippen molar-refractivity contribution < 1.29 is 38.3 Å². The lowest BCUT2D eigenvalue weighted by Gasteiger charge is -2.50. The van der Waals surface area contributed by atoms with Gasteiger partial charge in [0, 0.05) is 5.56 Å². The number of hydrogen-bond donors (Lipinski definition) is 1. The number of carbonyl (C=O) groups excluding carboxylic acids is 1. The summed E-state index contributed by atoms with van der Waals surface area (Å²) in [5.41, 5.74) is 5.97. The standard InChI is InChI=1S/C49H48O8/c1-36-27-44(53-31-38-19-9-3-10-20-38)43(28-42(36)29-50)49(51)48(56-34-41-25-15-6-16-26-41)47(55-33-40-23-13-5-14-24-40)46(54-32-39-21-11-4-12-22-39)45(57-49)35-52-30-37-17-7-2-8-18-37/h2-29,45-48,51H,30-35H2,1H3/t45-,46-,47+,48-,49+/m1/s1. The Morgan fingerprint density at radius 2 is 1.02 bits per heavy atom. The number of rotatable bonds is 18. The highest BCUT2D eigenvalue weighted by Crippen LogP contribution is 2.45. The fourth-order valence-electron chi connectivity index (χ4n) is 7.03. The molecule has 0 spiro atoms. The summed E-state index contributed by atoms with van der Waals surface area (Å²) >= 11 is 0. The van der Waals surface area contributed by atoms with E-state index >= 15 is 0 Å². The minimum atomic E-state index is -2.22. The summed E-state index contributed by atoms with van der Waals surface area (Å²) in [5, 5.41) is 13.4. The Hall–Kier alpha value is -5.45. The van der Waals surface area contributed by atoms with E-state index in [-0.39, 0.29) is 38.6 Å². The van der Waals surface area contributed by atoms with Crippen LogP contribution < -0.4 is 4.74 Å². The quantitative estimate of drug-likeness (QED) is 0.0869. The van der Waals surface area contributed by atoms with Crippen LogP contribution in [0.1, 0.15) is 49.3 Å². The highest BCUT2D eigenvalue weighted by molar-refractivity contribution is 5.78. The molecule has 1 heterocycles. The van der Waals surface area contributed by atoms with Crippen molar-refractivity contribution in [3.63, 3.8) is 0 Å². The maximum Gasteiger partial charge on any atom is 0.226 e. The monoisotopic (exact) mass is 764 g/mol. The maximum atomic E-state index is 13.4. The zero-order valence-electron chi connectivity index (χ0n) is 32.0. The molecule has 57 heavy (non-hydrogen) atoms. The van der Waals surface area contributed by atoms with Gasteiger partial charge in [-0.2, -0.15) is 0 Å². The van der Waals surface area contributed by atoms with E-state index in [4.69, 9.17) is 28.4 Å². The average molecular weight is 765 g/mol. The molecule has 1 N–H and O–H groups in total. The van der Waals surface area contributed by atoms with E-state index < -0.39 is 30.2 Å². The van der Waals surface area contributed by atoms with Crippen molar-refractivity contribution in [3.8, 4) is 5.75 Å². The summed E-state index contributed by atoms with van der Waals surface area (Å²) in [5.74, 6) is -1.88. The molecule has 1 fully saturated rings. The molecule has 0 radical (unpaired) electrons. The van der Waals surface area contributed by atoms with Gasteiger partial charge in [-0.25, -0.2) is 0 Å². The van der Waals surface area contributed by atoms with Crippen molar-refractivity contribution in [2.45, 2.75) is 70.2 Å². The lowest BCUT2D eigenvalue weighted by Crippen LogP contribution is -2.65. The van der Waals surface area contributed by atoms with Gasteiger partial charge < -0.3 is 33.5 Å². The third-order valence-electron chi connectivity index (χ3n) is 10.1. The predicted molar refractivity (Wildman–Crippen MR) is 217 cm³/mol. The van der Waals surface area contributed by atoms with Gasteiger partial charge in [-0.3, -0.25) is 4.79 Å². The van der Waals surface area contributed by atoms with Gasteiger partial charge in [0.25, 0.3) is 0 Å². The van der Waals surface area contributed by atoms with Crippen molar-refractivity contribution in [1.82, 2.24) is 0 Å². The average Bonchev–Trinajstić information content (AvgIpc) is 3.26. The van der Waals surface area contributed by atoms with Gasteiger partial charge in [0.05, 0.1) is 38.6 Å².